The molecule has 5 N–H and O–H groups in total. The SMILES string of the molecule is N=C(N)c1csc(CNC(=O)[C@@H]2CC3(CN2C(=O)CNC(=O)c2ccc(-c4ccccc4)cn2)OCCO3)c1. The predicted octanol–water partition coefficient (Wildman–Crippen LogP) is 1.48. The van der Waals surface area contributed by atoms with Gasteiger partial charge in [-0.05, 0) is 17.7 Å². The molecule has 1 spiro atoms. The standard InChI is InChI=1S/C27H28N6O5S/c28-24(29)19-10-20(39-15-19)13-31-26(36)22-11-27(37-8-9-38-27)16-33(22)23(34)14-32-25(35)21-7-6-18(12-30-21)17-4-2-1-3-5-17/h1-7,10,12,15,22H,8-9,11,13-14,16H2,(H3,28,29)(H,31,36)(H,32,35)/t22-/m0/s1. The van der Waals surface area contributed by atoms with Crippen molar-refractivity contribution in [2.45, 2.75) is 24.8 Å². The van der Waals surface area contributed by atoms with Gasteiger partial charge in [-0.15, -0.1) is 11.3 Å². The second-order valence-corrected chi connectivity index (χ2v) is 10.3. The summed E-state index contributed by atoms with van der Waals surface area (Å²) in [5.74, 6) is -2.37. The average molecular weight is 549 g/mol. The lowest BCUT2D eigenvalue weighted by atomic mass is 10.1. The smallest absolute Gasteiger partial charge is 0.270 e. The maximum atomic E-state index is 13.2. The predicted molar refractivity (Wildman–Crippen MR) is 144 cm³/mol. The van der Waals surface area contributed by atoms with Crippen LogP contribution in [0.25, 0.3) is 11.1 Å². The Balaban J connectivity index is 1.21. The molecule has 2 fully saturated rings. The summed E-state index contributed by atoms with van der Waals surface area (Å²) in [6, 6.07) is 14.0. The molecule has 2 aromatic heterocycles. The molecule has 4 heterocycles. The number of nitrogen functional groups attached to an aromatic ring is 1. The van der Waals surface area contributed by atoms with Gasteiger partial charge in [0.15, 0.2) is 5.79 Å². The molecule has 12 heteroatoms. The van der Waals surface area contributed by atoms with Gasteiger partial charge in [-0.1, -0.05) is 36.4 Å². The van der Waals surface area contributed by atoms with Crippen molar-refractivity contribution in [1.29, 1.82) is 5.41 Å². The monoisotopic (exact) mass is 548 g/mol. The first-order valence-corrected chi connectivity index (χ1v) is 13.3. The minimum Gasteiger partial charge on any atom is -0.384 e. The molecule has 39 heavy (non-hydrogen) atoms. The number of benzene rings is 1. The van der Waals surface area contributed by atoms with E-state index in [1.807, 2.05) is 30.3 Å². The van der Waals surface area contributed by atoms with E-state index in [1.165, 1.54) is 16.2 Å². The number of nitrogens with zero attached hydrogens (tertiary/aromatic N) is 2. The van der Waals surface area contributed by atoms with Gasteiger partial charge in [0.25, 0.3) is 5.91 Å². The minimum atomic E-state index is -1.04. The molecule has 2 aliphatic rings. The van der Waals surface area contributed by atoms with Crippen molar-refractivity contribution in [2.24, 2.45) is 5.73 Å². The van der Waals surface area contributed by atoms with E-state index >= 15 is 0 Å². The number of carbonyl (C=O) groups is 3. The van der Waals surface area contributed by atoms with Gasteiger partial charge in [0.1, 0.15) is 17.6 Å². The Morgan fingerprint density at radius 3 is 2.54 bits per heavy atom. The number of likely N-dealkylation sites (tertiary alicyclic amines) is 1. The Hall–Kier alpha value is -4.13. The van der Waals surface area contributed by atoms with E-state index < -0.39 is 23.6 Å². The molecule has 1 aromatic carbocycles. The van der Waals surface area contributed by atoms with Crippen molar-refractivity contribution in [1.82, 2.24) is 20.5 Å². The van der Waals surface area contributed by atoms with Crippen molar-refractivity contribution in [3.8, 4) is 11.1 Å². The second-order valence-electron chi connectivity index (χ2n) is 9.26. The lowest BCUT2D eigenvalue weighted by Gasteiger charge is -2.24. The van der Waals surface area contributed by atoms with Crippen LogP contribution in [0, 0.1) is 5.41 Å². The molecule has 0 aliphatic carbocycles. The molecule has 202 valence electrons. The molecule has 3 amide bonds. The van der Waals surface area contributed by atoms with Crippen molar-refractivity contribution in [2.75, 3.05) is 26.3 Å². The molecule has 1 atom stereocenters. The Labute approximate surface area is 228 Å². The summed E-state index contributed by atoms with van der Waals surface area (Å²) in [5.41, 5.74) is 8.14. The van der Waals surface area contributed by atoms with Crippen molar-refractivity contribution in [3.63, 3.8) is 0 Å². The fourth-order valence-corrected chi connectivity index (χ4v) is 5.45. The third-order valence-electron chi connectivity index (χ3n) is 6.63. The highest BCUT2D eigenvalue weighted by molar-refractivity contribution is 7.10. The van der Waals surface area contributed by atoms with Gasteiger partial charge < -0.3 is 30.7 Å². The Morgan fingerprint density at radius 1 is 1.10 bits per heavy atom. The highest BCUT2D eigenvalue weighted by Gasteiger charge is 2.52. The fourth-order valence-electron chi connectivity index (χ4n) is 4.63. The highest BCUT2D eigenvalue weighted by Crippen LogP contribution is 2.35. The number of carbonyl (C=O) groups excluding carboxylic acids is 3. The van der Waals surface area contributed by atoms with Crippen LogP contribution in [0.1, 0.15) is 27.3 Å². The molecule has 0 saturated carbocycles. The summed E-state index contributed by atoms with van der Waals surface area (Å²) in [7, 11) is 0. The van der Waals surface area contributed by atoms with Gasteiger partial charge >= 0.3 is 0 Å². The van der Waals surface area contributed by atoms with Gasteiger partial charge in [-0.2, -0.15) is 0 Å². The first kappa shape index (κ1) is 26.5. The number of pyridine rings is 1. The van der Waals surface area contributed by atoms with Crippen molar-refractivity contribution < 1.29 is 23.9 Å². The van der Waals surface area contributed by atoms with E-state index in [2.05, 4.69) is 15.6 Å². The van der Waals surface area contributed by atoms with Gasteiger partial charge in [0.2, 0.25) is 11.8 Å². The normalized spacial score (nSPS) is 17.7. The summed E-state index contributed by atoms with van der Waals surface area (Å²) in [5, 5.41) is 14.7. The van der Waals surface area contributed by atoms with Gasteiger partial charge in [-0.25, -0.2) is 0 Å². The zero-order valence-corrected chi connectivity index (χ0v) is 21.8. The maximum Gasteiger partial charge on any atom is 0.270 e. The van der Waals surface area contributed by atoms with Crippen molar-refractivity contribution in [3.05, 3.63) is 76.2 Å². The van der Waals surface area contributed by atoms with E-state index in [1.54, 1.807) is 29.8 Å². The quantitative estimate of drug-likeness (QED) is 0.245. The molecule has 2 saturated heterocycles. The van der Waals surface area contributed by atoms with Crippen LogP contribution in [0.2, 0.25) is 0 Å². The number of thiophene rings is 1. The molecule has 0 bridgehead atoms. The van der Waals surface area contributed by atoms with Crippen LogP contribution in [-0.4, -0.2) is 71.6 Å². The van der Waals surface area contributed by atoms with Gasteiger partial charge in [-0.3, -0.25) is 24.8 Å². The lowest BCUT2D eigenvalue weighted by molar-refractivity contribution is -0.152. The number of rotatable bonds is 8. The Morgan fingerprint density at radius 2 is 1.87 bits per heavy atom. The average Bonchev–Trinajstić information content (AvgIpc) is 3.71. The molecule has 3 aromatic rings. The lowest BCUT2D eigenvalue weighted by Crippen LogP contribution is -2.49. The van der Waals surface area contributed by atoms with E-state index in [0.29, 0.717) is 18.8 Å². The molecule has 2 aliphatic heterocycles. The Kier molecular flexibility index (Phi) is 7.68. The first-order chi connectivity index (χ1) is 18.8. The number of nitrogens with two attached hydrogens (primary N) is 1. The first-order valence-electron chi connectivity index (χ1n) is 12.4. The molecular formula is C27H28N6O5S. The third kappa shape index (κ3) is 5.98. The highest BCUT2D eigenvalue weighted by atomic mass is 32.1. The van der Waals surface area contributed by atoms with E-state index in [4.69, 9.17) is 20.6 Å². The number of hydrogen-bond donors (Lipinski definition) is 4. The van der Waals surface area contributed by atoms with Crippen molar-refractivity contribution >= 4 is 34.9 Å². The Bertz CT molecular complexity index is 1370. The largest absolute Gasteiger partial charge is 0.384 e. The van der Waals surface area contributed by atoms with Crippen LogP contribution >= 0.6 is 11.3 Å². The summed E-state index contributed by atoms with van der Waals surface area (Å²) in [6.07, 6.45) is 1.79. The topological polar surface area (TPSA) is 160 Å². The number of hydrogen-bond acceptors (Lipinski definition) is 8. The zero-order valence-electron chi connectivity index (χ0n) is 21.0. The number of amides is 3. The van der Waals surface area contributed by atoms with Crippen LogP contribution in [0.15, 0.2) is 60.1 Å². The molecule has 11 nitrogen and oxygen atoms in total. The molecule has 5 rings (SSSR count). The second kappa shape index (κ2) is 11.3. The molecular weight excluding hydrogens is 520 g/mol. The summed E-state index contributed by atoms with van der Waals surface area (Å²) in [4.78, 5) is 45.5. The summed E-state index contributed by atoms with van der Waals surface area (Å²) >= 11 is 1.38. The van der Waals surface area contributed by atoms with Crippen LogP contribution in [0.4, 0.5) is 0 Å². The van der Waals surface area contributed by atoms with E-state index in [-0.39, 0.29) is 43.5 Å². The number of amidine groups is 1. The van der Waals surface area contributed by atoms with Crippen LogP contribution in [0.5, 0.6) is 0 Å². The van der Waals surface area contributed by atoms with Crippen LogP contribution < -0.4 is 16.4 Å². The zero-order chi connectivity index (χ0) is 27.4. The van der Waals surface area contributed by atoms with Crippen LogP contribution in [-0.2, 0) is 25.6 Å². The number of ether oxygens (including phenoxy) is 2. The third-order valence-corrected chi connectivity index (χ3v) is 7.57. The van der Waals surface area contributed by atoms with Crippen LogP contribution in [0.3, 0.4) is 0 Å². The van der Waals surface area contributed by atoms with E-state index in [9.17, 15) is 14.4 Å². The molecule has 0 unspecified atom stereocenters. The fraction of sp³-hybridized carbons (Fsp3) is 0.296. The maximum absolute atomic E-state index is 13.2. The minimum absolute atomic E-state index is 0.0433. The van der Waals surface area contributed by atoms with Gasteiger partial charge in [0, 0.05) is 34.0 Å². The summed E-state index contributed by atoms with van der Waals surface area (Å²) < 4.78 is 11.5. The van der Waals surface area contributed by atoms with Gasteiger partial charge in [0.05, 0.1) is 32.8 Å². The molecule has 0 radical (unpaired) electrons. The number of aromatic nitrogens is 1. The van der Waals surface area contributed by atoms with E-state index in [0.717, 1.165) is 16.0 Å². The number of nitrogens with one attached hydrogen (secondary N) is 3. The summed E-state index contributed by atoms with van der Waals surface area (Å²) in [6.45, 7) is 0.748.